The van der Waals surface area contributed by atoms with Gasteiger partial charge in [0.25, 0.3) is 0 Å². The lowest BCUT2D eigenvalue weighted by atomic mass is 10.3. The number of hydrogen-bond acceptors (Lipinski definition) is 3. The van der Waals surface area contributed by atoms with Gasteiger partial charge in [-0.25, -0.2) is 13.1 Å². The third-order valence-corrected chi connectivity index (χ3v) is 3.19. The maximum absolute atomic E-state index is 11.1. The number of sulfonamides is 1. The van der Waals surface area contributed by atoms with E-state index in [1.165, 1.54) is 0 Å². The summed E-state index contributed by atoms with van der Waals surface area (Å²) >= 11 is 0. The van der Waals surface area contributed by atoms with E-state index < -0.39 is 10.0 Å². The zero-order valence-corrected chi connectivity index (χ0v) is 9.28. The molecule has 5 heteroatoms. The van der Waals surface area contributed by atoms with Gasteiger partial charge in [-0.05, 0) is 25.9 Å². The van der Waals surface area contributed by atoms with E-state index in [4.69, 9.17) is 0 Å². The summed E-state index contributed by atoms with van der Waals surface area (Å²) < 4.78 is 24.7. The molecule has 0 aliphatic rings. The Kier molecular flexibility index (Phi) is 7.22. The standard InChI is InChI=1S/C8H20N2O2S/c1-3-9-7-5-6-8-13(11,12)10-4-2/h9-10H,3-8H2,1-2H3. The second-order valence-electron chi connectivity index (χ2n) is 2.88. The second kappa shape index (κ2) is 7.29. The average Bonchev–Trinajstić information content (AvgIpc) is 2.04. The fourth-order valence-electron chi connectivity index (χ4n) is 1.01. The summed E-state index contributed by atoms with van der Waals surface area (Å²) in [4.78, 5) is 0. The van der Waals surface area contributed by atoms with Crippen molar-refractivity contribution < 1.29 is 8.42 Å². The minimum atomic E-state index is -3.00. The van der Waals surface area contributed by atoms with Gasteiger partial charge in [0.15, 0.2) is 0 Å². The number of unbranched alkanes of at least 4 members (excludes halogenated alkanes) is 1. The highest BCUT2D eigenvalue weighted by atomic mass is 32.2. The normalized spacial score (nSPS) is 11.8. The molecule has 0 saturated heterocycles. The largest absolute Gasteiger partial charge is 0.317 e. The monoisotopic (exact) mass is 208 g/mol. The van der Waals surface area contributed by atoms with Crippen molar-refractivity contribution in [2.75, 3.05) is 25.4 Å². The summed E-state index contributed by atoms with van der Waals surface area (Å²) in [6, 6.07) is 0. The van der Waals surface area contributed by atoms with Crippen molar-refractivity contribution in [3.63, 3.8) is 0 Å². The molecule has 13 heavy (non-hydrogen) atoms. The smallest absolute Gasteiger partial charge is 0.211 e. The zero-order chi connectivity index (χ0) is 10.2. The van der Waals surface area contributed by atoms with Crippen molar-refractivity contribution in [2.24, 2.45) is 0 Å². The van der Waals surface area contributed by atoms with Gasteiger partial charge in [-0.2, -0.15) is 0 Å². The van der Waals surface area contributed by atoms with Crippen molar-refractivity contribution in [3.05, 3.63) is 0 Å². The van der Waals surface area contributed by atoms with Crippen LogP contribution in [0.4, 0.5) is 0 Å². The molecule has 2 N–H and O–H groups in total. The molecule has 0 aromatic rings. The molecule has 0 aliphatic heterocycles. The van der Waals surface area contributed by atoms with E-state index in [0.717, 1.165) is 25.9 Å². The predicted octanol–water partition coefficient (Wildman–Crippen LogP) is 0.315. The van der Waals surface area contributed by atoms with Gasteiger partial charge in [-0.3, -0.25) is 0 Å². The molecule has 0 saturated carbocycles. The Morgan fingerprint density at radius 1 is 1.08 bits per heavy atom. The molecule has 0 spiro atoms. The molecule has 0 fully saturated rings. The fraction of sp³-hybridized carbons (Fsp3) is 1.00. The minimum absolute atomic E-state index is 0.242. The molecule has 80 valence electrons. The van der Waals surface area contributed by atoms with Crippen LogP contribution in [0, 0.1) is 0 Å². The number of rotatable bonds is 8. The molecule has 0 aliphatic carbocycles. The zero-order valence-electron chi connectivity index (χ0n) is 8.47. The molecule has 0 heterocycles. The highest BCUT2D eigenvalue weighted by molar-refractivity contribution is 7.89. The highest BCUT2D eigenvalue weighted by Crippen LogP contribution is 1.93. The molecule has 0 radical (unpaired) electrons. The Morgan fingerprint density at radius 3 is 2.31 bits per heavy atom. The second-order valence-corrected chi connectivity index (χ2v) is 4.80. The summed E-state index contributed by atoms with van der Waals surface area (Å²) in [6.45, 7) is 6.15. The van der Waals surface area contributed by atoms with E-state index in [9.17, 15) is 8.42 Å². The van der Waals surface area contributed by atoms with Crippen LogP contribution >= 0.6 is 0 Å². The van der Waals surface area contributed by atoms with E-state index in [-0.39, 0.29) is 5.75 Å². The molecule has 0 aromatic heterocycles. The van der Waals surface area contributed by atoms with Gasteiger partial charge in [0, 0.05) is 6.54 Å². The summed E-state index contributed by atoms with van der Waals surface area (Å²) in [6.07, 6.45) is 1.64. The van der Waals surface area contributed by atoms with Gasteiger partial charge >= 0.3 is 0 Å². The summed E-state index contributed by atoms with van der Waals surface area (Å²) in [5.41, 5.74) is 0. The number of nitrogens with one attached hydrogen (secondary N) is 2. The maximum atomic E-state index is 11.1. The Morgan fingerprint density at radius 2 is 1.77 bits per heavy atom. The Labute approximate surface area is 81.2 Å². The van der Waals surface area contributed by atoms with E-state index in [2.05, 4.69) is 10.0 Å². The Balaban J connectivity index is 3.41. The van der Waals surface area contributed by atoms with Gasteiger partial charge in [0.05, 0.1) is 5.75 Å². The summed E-state index contributed by atoms with van der Waals surface area (Å²) in [5, 5.41) is 3.15. The Bertz CT molecular complexity index is 202. The molecule has 0 atom stereocenters. The summed E-state index contributed by atoms with van der Waals surface area (Å²) in [5.74, 6) is 0.242. The molecule has 0 bridgehead atoms. The van der Waals surface area contributed by atoms with Crippen LogP contribution in [-0.4, -0.2) is 33.8 Å². The SMILES string of the molecule is CCNCCCCS(=O)(=O)NCC. The van der Waals surface area contributed by atoms with Crippen LogP contribution in [0.1, 0.15) is 26.7 Å². The van der Waals surface area contributed by atoms with E-state index in [1.54, 1.807) is 6.92 Å². The number of hydrogen-bond donors (Lipinski definition) is 2. The van der Waals surface area contributed by atoms with Crippen LogP contribution in [-0.2, 0) is 10.0 Å². The molecule has 4 nitrogen and oxygen atoms in total. The first-order valence-corrected chi connectivity index (χ1v) is 6.45. The molecular formula is C8H20N2O2S. The van der Waals surface area contributed by atoms with Gasteiger partial charge in [-0.15, -0.1) is 0 Å². The van der Waals surface area contributed by atoms with E-state index >= 15 is 0 Å². The van der Waals surface area contributed by atoms with Crippen LogP contribution in [0.5, 0.6) is 0 Å². The molecule has 0 aromatic carbocycles. The van der Waals surface area contributed by atoms with Crippen LogP contribution in [0.25, 0.3) is 0 Å². The fourth-order valence-corrected chi connectivity index (χ4v) is 2.18. The van der Waals surface area contributed by atoms with Crippen molar-refractivity contribution in [2.45, 2.75) is 26.7 Å². The highest BCUT2D eigenvalue weighted by Gasteiger charge is 2.06. The third-order valence-electron chi connectivity index (χ3n) is 1.63. The van der Waals surface area contributed by atoms with Crippen LogP contribution in [0.15, 0.2) is 0 Å². The van der Waals surface area contributed by atoms with Gasteiger partial charge in [0.1, 0.15) is 0 Å². The first-order valence-electron chi connectivity index (χ1n) is 4.80. The van der Waals surface area contributed by atoms with Gasteiger partial charge in [0.2, 0.25) is 10.0 Å². The van der Waals surface area contributed by atoms with Crippen molar-refractivity contribution in [1.82, 2.24) is 10.0 Å². The van der Waals surface area contributed by atoms with E-state index in [0.29, 0.717) is 6.54 Å². The van der Waals surface area contributed by atoms with Crippen molar-refractivity contribution in [1.29, 1.82) is 0 Å². The van der Waals surface area contributed by atoms with Crippen LogP contribution in [0.3, 0.4) is 0 Å². The topological polar surface area (TPSA) is 58.2 Å². The lowest BCUT2D eigenvalue weighted by Crippen LogP contribution is -2.26. The van der Waals surface area contributed by atoms with E-state index in [1.807, 2.05) is 6.92 Å². The minimum Gasteiger partial charge on any atom is -0.317 e. The first kappa shape index (κ1) is 12.9. The molecular weight excluding hydrogens is 188 g/mol. The Hall–Kier alpha value is -0.130. The lowest BCUT2D eigenvalue weighted by molar-refractivity contribution is 0.576. The van der Waals surface area contributed by atoms with Crippen LogP contribution < -0.4 is 10.0 Å². The first-order chi connectivity index (χ1) is 6.12. The average molecular weight is 208 g/mol. The quantitative estimate of drug-likeness (QED) is 0.565. The van der Waals surface area contributed by atoms with Crippen molar-refractivity contribution >= 4 is 10.0 Å². The molecule has 0 rings (SSSR count). The maximum Gasteiger partial charge on any atom is 0.211 e. The molecule has 0 amide bonds. The lowest BCUT2D eigenvalue weighted by Gasteiger charge is -2.04. The third kappa shape index (κ3) is 8.21. The van der Waals surface area contributed by atoms with Crippen LogP contribution in [0.2, 0.25) is 0 Å². The summed E-state index contributed by atoms with van der Waals surface area (Å²) in [7, 11) is -3.00. The van der Waals surface area contributed by atoms with Gasteiger partial charge < -0.3 is 5.32 Å². The predicted molar refractivity (Wildman–Crippen MR) is 55.2 cm³/mol. The van der Waals surface area contributed by atoms with Crippen molar-refractivity contribution in [3.8, 4) is 0 Å². The van der Waals surface area contributed by atoms with Gasteiger partial charge in [-0.1, -0.05) is 13.8 Å². The molecule has 0 unspecified atom stereocenters.